The number of hydrogen-bond acceptors (Lipinski definition) is 2. The molecule has 0 aliphatic carbocycles. The Labute approximate surface area is 254 Å². The Kier molecular flexibility index (Phi) is 20.8. The molecule has 41 heavy (non-hydrogen) atoms. The van der Waals surface area contributed by atoms with Crippen LogP contribution < -0.4 is 0 Å². The van der Waals surface area contributed by atoms with Crippen LogP contribution in [0.3, 0.4) is 0 Å². The monoisotopic (exact) mass is 558 g/mol. The second-order valence-electron chi connectivity index (χ2n) is 12.1. The molecule has 0 aromatic heterocycles. The van der Waals surface area contributed by atoms with E-state index in [9.17, 15) is 0 Å². The van der Waals surface area contributed by atoms with Crippen LogP contribution in [-0.2, 0) is 12.8 Å². The Morgan fingerprint density at radius 1 is 0.463 bits per heavy atom. The van der Waals surface area contributed by atoms with Crippen molar-refractivity contribution < 1.29 is 0 Å². The lowest BCUT2D eigenvalue weighted by molar-refractivity contribution is 0.575. The molecule has 0 aliphatic rings. The van der Waals surface area contributed by atoms with Crippen LogP contribution in [0, 0.1) is 0 Å². The fraction of sp³-hybridized carbons (Fsp3) is 0.641. The zero-order chi connectivity index (χ0) is 29.2. The number of aliphatic imine (C=N–C) groups is 2. The highest BCUT2D eigenvalue weighted by atomic mass is 14.8. The molecule has 2 heteroatoms. The first kappa shape index (κ1) is 35.0. The van der Waals surface area contributed by atoms with Crippen molar-refractivity contribution in [2.24, 2.45) is 9.98 Å². The van der Waals surface area contributed by atoms with Gasteiger partial charge in [0, 0.05) is 6.21 Å². The molecule has 0 unspecified atom stereocenters. The molecule has 0 amide bonds. The third kappa shape index (κ3) is 18.0. The summed E-state index contributed by atoms with van der Waals surface area (Å²) in [5.41, 5.74) is 6.01. The maximum Gasteiger partial charge on any atom is 0.0633 e. The van der Waals surface area contributed by atoms with Crippen LogP contribution in [0.1, 0.15) is 160 Å². The van der Waals surface area contributed by atoms with Crippen LogP contribution in [-0.4, -0.2) is 11.9 Å². The van der Waals surface area contributed by atoms with E-state index < -0.39 is 0 Å². The minimum absolute atomic E-state index is 0.980. The van der Waals surface area contributed by atoms with Crippen LogP contribution in [0.5, 0.6) is 0 Å². The van der Waals surface area contributed by atoms with Crippen molar-refractivity contribution in [3.63, 3.8) is 0 Å². The summed E-state index contributed by atoms with van der Waals surface area (Å²) in [6.45, 7) is 6.83. The van der Waals surface area contributed by atoms with Crippen LogP contribution >= 0.6 is 0 Å². The molecule has 0 saturated heterocycles. The van der Waals surface area contributed by atoms with Crippen molar-refractivity contribution in [3.8, 4) is 0 Å². The second kappa shape index (κ2) is 24.4. The Morgan fingerprint density at radius 3 is 1.32 bits per heavy atom. The molecule has 228 valence electrons. The average Bonchev–Trinajstić information content (AvgIpc) is 3.00. The first-order valence-electron chi connectivity index (χ1n) is 17.5. The molecule has 2 aromatic rings. The molecule has 0 heterocycles. The van der Waals surface area contributed by atoms with Gasteiger partial charge in [0.15, 0.2) is 0 Å². The van der Waals surface area contributed by atoms with Gasteiger partial charge in [-0.15, -0.1) is 0 Å². The van der Waals surface area contributed by atoms with Crippen molar-refractivity contribution in [3.05, 3.63) is 59.7 Å². The lowest BCUT2D eigenvalue weighted by Crippen LogP contribution is -1.99. The van der Waals surface area contributed by atoms with Gasteiger partial charge in [0.25, 0.3) is 0 Å². The topological polar surface area (TPSA) is 24.7 Å². The summed E-state index contributed by atoms with van der Waals surface area (Å²) in [7, 11) is 0. The molecule has 2 nitrogen and oxygen atoms in total. The van der Waals surface area contributed by atoms with Gasteiger partial charge in [-0.05, 0) is 73.9 Å². The van der Waals surface area contributed by atoms with Gasteiger partial charge in [-0.2, -0.15) is 0 Å². The van der Waals surface area contributed by atoms with E-state index in [0.29, 0.717) is 0 Å². The standard InChI is InChI=1S/C39H62N2/c1-4-7-10-12-14-16-18-21-23-35-26-30-37(31-27-35)40-34-39(25-20-9-6-3)41-38-32-28-36(29-33-38)24-22-19-17-15-13-11-8-5-2/h26-34H,4-25H2,1-3H3. The fourth-order valence-electron chi connectivity index (χ4n) is 5.43. The number of aryl methyl sites for hydroxylation is 2. The molecule has 2 aromatic carbocycles. The minimum atomic E-state index is 0.980. The molecule has 0 fully saturated rings. The van der Waals surface area contributed by atoms with Gasteiger partial charge in [-0.3, -0.25) is 9.98 Å². The number of rotatable bonds is 25. The molecule has 0 N–H and O–H groups in total. The number of nitrogens with zero attached hydrogens (tertiary/aromatic N) is 2. The van der Waals surface area contributed by atoms with Crippen LogP contribution in [0.15, 0.2) is 58.5 Å². The van der Waals surface area contributed by atoms with Gasteiger partial charge in [0.2, 0.25) is 0 Å². The highest BCUT2D eigenvalue weighted by Crippen LogP contribution is 2.19. The molecular weight excluding hydrogens is 496 g/mol. The van der Waals surface area contributed by atoms with Crippen LogP contribution in [0.2, 0.25) is 0 Å². The van der Waals surface area contributed by atoms with Crippen molar-refractivity contribution in [1.82, 2.24) is 0 Å². The molecule has 0 bridgehead atoms. The van der Waals surface area contributed by atoms with Crippen molar-refractivity contribution in [2.75, 3.05) is 0 Å². The zero-order valence-electron chi connectivity index (χ0n) is 27.1. The average molecular weight is 559 g/mol. The smallest absolute Gasteiger partial charge is 0.0633 e. The van der Waals surface area contributed by atoms with E-state index in [2.05, 4.69) is 69.3 Å². The normalized spacial score (nSPS) is 12.0. The Balaban J connectivity index is 1.80. The van der Waals surface area contributed by atoms with Gasteiger partial charge < -0.3 is 0 Å². The largest absolute Gasteiger partial charge is 0.255 e. The summed E-state index contributed by atoms with van der Waals surface area (Å²) in [6, 6.07) is 17.8. The molecule has 0 aliphatic heterocycles. The summed E-state index contributed by atoms with van der Waals surface area (Å²) < 4.78 is 0. The summed E-state index contributed by atoms with van der Waals surface area (Å²) >= 11 is 0. The Hall–Kier alpha value is -2.22. The molecule has 0 saturated carbocycles. The quantitative estimate of drug-likeness (QED) is 0.0855. The Bertz CT molecular complexity index is 923. The Morgan fingerprint density at radius 2 is 0.854 bits per heavy atom. The molecule has 0 radical (unpaired) electrons. The molecule has 2 rings (SSSR count). The van der Waals surface area contributed by atoms with Gasteiger partial charge in [0.05, 0.1) is 17.1 Å². The number of unbranched alkanes of at least 4 members (excludes halogenated alkanes) is 16. The first-order valence-corrected chi connectivity index (χ1v) is 17.5. The lowest BCUT2D eigenvalue weighted by atomic mass is 10.0. The summed E-state index contributed by atoms with van der Waals surface area (Å²) in [6.07, 6.45) is 30.9. The maximum atomic E-state index is 5.00. The number of hydrogen-bond donors (Lipinski definition) is 0. The SMILES string of the molecule is CCCCCCCCCCc1ccc(N=CC(CCCCC)=Nc2ccc(CCCCCCCCCC)cc2)cc1. The highest BCUT2D eigenvalue weighted by molar-refractivity contribution is 6.31. The summed E-state index contributed by atoms with van der Waals surface area (Å²) in [4.78, 5) is 9.81. The van der Waals surface area contributed by atoms with E-state index in [1.54, 1.807) is 0 Å². The fourth-order valence-corrected chi connectivity index (χ4v) is 5.43. The van der Waals surface area contributed by atoms with Crippen molar-refractivity contribution in [1.29, 1.82) is 0 Å². The molecule has 0 atom stereocenters. The minimum Gasteiger partial charge on any atom is -0.255 e. The molecular formula is C39H62N2. The predicted molar refractivity (Wildman–Crippen MR) is 185 cm³/mol. The van der Waals surface area contributed by atoms with E-state index >= 15 is 0 Å². The summed E-state index contributed by atoms with van der Waals surface area (Å²) in [5, 5.41) is 0. The molecule has 0 spiro atoms. The highest BCUT2D eigenvalue weighted by Gasteiger charge is 2.01. The van der Waals surface area contributed by atoms with Gasteiger partial charge in [-0.1, -0.05) is 148 Å². The predicted octanol–water partition coefficient (Wildman–Crippen LogP) is 13.1. The van der Waals surface area contributed by atoms with E-state index in [-0.39, 0.29) is 0 Å². The van der Waals surface area contributed by atoms with Crippen molar-refractivity contribution >= 4 is 23.3 Å². The maximum absolute atomic E-state index is 5.00. The van der Waals surface area contributed by atoms with E-state index in [4.69, 9.17) is 9.98 Å². The third-order valence-electron chi connectivity index (χ3n) is 8.18. The van der Waals surface area contributed by atoms with E-state index in [0.717, 1.165) is 29.9 Å². The first-order chi connectivity index (χ1) is 20.2. The van der Waals surface area contributed by atoms with Crippen LogP contribution in [0.4, 0.5) is 11.4 Å². The van der Waals surface area contributed by atoms with Crippen LogP contribution in [0.25, 0.3) is 0 Å². The van der Waals surface area contributed by atoms with E-state index in [1.807, 2.05) is 6.21 Å². The van der Waals surface area contributed by atoms with Gasteiger partial charge in [-0.25, -0.2) is 0 Å². The van der Waals surface area contributed by atoms with Gasteiger partial charge in [0.1, 0.15) is 0 Å². The van der Waals surface area contributed by atoms with Gasteiger partial charge >= 0.3 is 0 Å². The zero-order valence-corrected chi connectivity index (χ0v) is 27.1. The lowest BCUT2D eigenvalue weighted by Gasteiger charge is -2.05. The summed E-state index contributed by atoms with van der Waals surface area (Å²) in [5.74, 6) is 0. The second-order valence-corrected chi connectivity index (χ2v) is 12.1. The van der Waals surface area contributed by atoms with E-state index in [1.165, 1.54) is 140 Å². The van der Waals surface area contributed by atoms with Crippen molar-refractivity contribution in [2.45, 2.75) is 162 Å². The third-order valence-corrected chi connectivity index (χ3v) is 8.18. The number of benzene rings is 2.